The second-order valence-electron chi connectivity index (χ2n) is 7.48. The molecule has 0 aliphatic heterocycles. The van der Waals surface area contributed by atoms with Crippen molar-refractivity contribution in [1.29, 1.82) is 0 Å². The molecule has 0 spiro atoms. The normalized spacial score (nSPS) is 11.5. The van der Waals surface area contributed by atoms with Gasteiger partial charge < -0.3 is 5.32 Å². The molecule has 2 aromatic carbocycles. The summed E-state index contributed by atoms with van der Waals surface area (Å²) in [5.41, 5.74) is 3.82. The lowest BCUT2D eigenvalue weighted by Crippen LogP contribution is -2.17. The van der Waals surface area contributed by atoms with Gasteiger partial charge in [-0.3, -0.25) is 9.52 Å². The number of nitrogens with zero attached hydrogens (tertiary/aromatic N) is 2. The number of carbonyl (C=O) groups excluding carboxylic acids is 1. The Morgan fingerprint density at radius 2 is 1.84 bits per heavy atom. The molecule has 0 fully saturated rings. The van der Waals surface area contributed by atoms with Gasteiger partial charge in [-0.15, -0.1) is 0 Å². The van der Waals surface area contributed by atoms with Crippen molar-refractivity contribution in [3.63, 3.8) is 0 Å². The lowest BCUT2D eigenvalue weighted by Gasteiger charge is -2.14. The van der Waals surface area contributed by atoms with Crippen LogP contribution in [0.4, 0.5) is 11.4 Å². The number of hydrogen-bond acceptors (Lipinski definition) is 4. The zero-order valence-electron chi connectivity index (χ0n) is 17.8. The summed E-state index contributed by atoms with van der Waals surface area (Å²) in [6, 6.07) is 12.3. The predicted molar refractivity (Wildman–Crippen MR) is 125 cm³/mol. The molecule has 0 bridgehead atoms. The van der Waals surface area contributed by atoms with Crippen LogP contribution in [-0.4, -0.2) is 29.9 Å². The molecule has 3 rings (SSSR count). The van der Waals surface area contributed by atoms with Gasteiger partial charge in [-0.05, 0) is 67.8 Å². The lowest BCUT2D eigenvalue weighted by atomic mass is 10.0. The average Bonchev–Trinajstić information content (AvgIpc) is 3.16. The topological polar surface area (TPSA) is 93.1 Å². The van der Waals surface area contributed by atoms with Crippen LogP contribution in [0.25, 0.3) is 5.69 Å². The van der Waals surface area contributed by atoms with Crippen LogP contribution in [-0.2, 0) is 10.0 Å². The molecule has 0 radical (unpaired) electrons. The van der Waals surface area contributed by atoms with E-state index in [1.54, 1.807) is 55.1 Å². The molecule has 31 heavy (non-hydrogen) atoms. The number of sulfonamides is 1. The first kappa shape index (κ1) is 22.8. The number of amides is 1. The Balaban J connectivity index is 1.87. The van der Waals surface area contributed by atoms with Gasteiger partial charge in [0.2, 0.25) is 10.0 Å². The third-order valence-corrected chi connectivity index (χ3v) is 6.34. The van der Waals surface area contributed by atoms with Crippen molar-refractivity contribution in [1.82, 2.24) is 9.78 Å². The van der Waals surface area contributed by atoms with E-state index < -0.39 is 10.0 Å². The second-order valence-corrected chi connectivity index (χ2v) is 9.92. The SMILES string of the molecule is CCS(=O)(=O)Nc1ccc(NC(=O)c2cnn(-c3ccc(Cl)cc3)c2C(C)C)cc1C. The van der Waals surface area contributed by atoms with Gasteiger partial charge in [0.05, 0.1) is 34.6 Å². The molecule has 7 nitrogen and oxygen atoms in total. The van der Waals surface area contributed by atoms with Crippen molar-refractivity contribution < 1.29 is 13.2 Å². The molecule has 0 atom stereocenters. The van der Waals surface area contributed by atoms with E-state index in [0.717, 1.165) is 11.4 Å². The van der Waals surface area contributed by atoms with E-state index in [0.29, 0.717) is 27.5 Å². The van der Waals surface area contributed by atoms with Crippen LogP contribution in [0.3, 0.4) is 0 Å². The molecule has 9 heteroatoms. The van der Waals surface area contributed by atoms with Crippen LogP contribution >= 0.6 is 11.6 Å². The fourth-order valence-corrected chi connectivity index (χ4v) is 4.00. The van der Waals surface area contributed by atoms with E-state index >= 15 is 0 Å². The Labute approximate surface area is 187 Å². The van der Waals surface area contributed by atoms with Gasteiger partial charge in [0.1, 0.15) is 0 Å². The second kappa shape index (κ2) is 9.11. The first-order chi connectivity index (χ1) is 14.6. The number of hydrogen-bond donors (Lipinski definition) is 2. The number of carbonyl (C=O) groups is 1. The van der Waals surface area contributed by atoms with Gasteiger partial charge >= 0.3 is 0 Å². The molecule has 1 heterocycles. The summed E-state index contributed by atoms with van der Waals surface area (Å²) >= 11 is 5.98. The summed E-state index contributed by atoms with van der Waals surface area (Å²) in [7, 11) is -3.37. The first-order valence-corrected chi connectivity index (χ1v) is 11.9. The number of rotatable bonds is 7. The molecule has 1 aromatic heterocycles. The minimum absolute atomic E-state index is 0.0134. The summed E-state index contributed by atoms with van der Waals surface area (Å²) in [4.78, 5) is 13.0. The zero-order valence-corrected chi connectivity index (χ0v) is 19.4. The molecule has 1 amide bonds. The summed E-state index contributed by atoms with van der Waals surface area (Å²) in [6.07, 6.45) is 1.55. The fourth-order valence-electron chi connectivity index (χ4n) is 3.17. The number of nitrogens with one attached hydrogen (secondary N) is 2. The Bertz CT molecular complexity index is 1200. The smallest absolute Gasteiger partial charge is 0.259 e. The molecule has 2 N–H and O–H groups in total. The molecule has 0 saturated carbocycles. The van der Waals surface area contributed by atoms with E-state index in [2.05, 4.69) is 15.1 Å². The maximum absolute atomic E-state index is 13.0. The summed E-state index contributed by atoms with van der Waals surface area (Å²) in [5, 5.41) is 7.92. The number of halogens is 1. The highest BCUT2D eigenvalue weighted by atomic mass is 35.5. The van der Waals surface area contributed by atoms with Crippen LogP contribution in [0.1, 0.15) is 48.3 Å². The van der Waals surface area contributed by atoms with Crippen molar-refractivity contribution in [2.75, 3.05) is 15.8 Å². The minimum atomic E-state index is -3.37. The molecule has 0 unspecified atom stereocenters. The predicted octanol–water partition coefficient (Wildman–Crippen LogP) is 4.97. The monoisotopic (exact) mass is 460 g/mol. The van der Waals surface area contributed by atoms with Gasteiger partial charge in [0, 0.05) is 10.7 Å². The van der Waals surface area contributed by atoms with E-state index in [4.69, 9.17) is 11.6 Å². The zero-order chi connectivity index (χ0) is 22.8. The van der Waals surface area contributed by atoms with Crippen molar-refractivity contribution in [2.45, 2.75) is 33.6 Å². The van der Waals surface area contributed by atoms with Gasteiger partial charge in [0.25, 0.3) is 5.91 Å². The Morgan fingerprint density at radius 3 is 2.42 bits per heavy atom. The van der Waals surface area contributed by atoms with Crippen LogP contribution in [0.15, 0.2) is 48.7 Å². The summed E-state index contributed by atoms with van der Waals surface area (Å²) in [6.45, 7) is 7.35. The largest absolute Gasteiger partial charge is 0.322 e. The molecule has 3 aromatic rings. The van der Waals surface area contributed by atoms with E-state index in [1.807, 2.05) is 26.0 Å². The molecule has 0 aliphatic carbocycles. The van der Waals surface area contributed by atoms with Gasteiger partial charge in [-0.1, -0.05) is 25.4 Å². The quantitative estimate of drug-likeness (QED) is 0.520. The molecule has 164 valence electrons. The van der Waals surface area contributed by atoms with Crippen LogP contribution in [0.2, 0.25) is 5.02 Å². The maximum Gasteiger partial charge on any atom is 0.259 e. The van der Waals surface area contributed by atoms with Crippen molar-refractivity contribution in [2.24, 2.45) is 0 Å². The number of benzene rings is 2. The molecule has 0 aliphatic rings. The highest BCUT2D eigenvalue weighted by molar-refractivity contribution is 7.92. The number of anilines is 2. The Hall–Kier alpha value is -2.84. The van der Waals surface area contributed by atoms with E-state index in [-0.39, 0.29) is 17.6 Å². The van der Waals surface area contributed by atoms with Crippen molar-refractivity contribution in [3.8, 4) is 5.69 Å². The van der Waals surface area contributed by atoms with Gasteiger partial charge in [-0.2, -0.15) is 5.10 Å². The number of aryl methyl sites for hydroxylation is 1. The lowest BCUT2D eigenvalue weighted by molar-refractivity contribution is 0.102. The third kappa shape index (κ3) is 5.26. The van der Waals surface area contributed by atoms with Crippen molar-refractivity contribution in [3.05, 3.63) is 70.5 Å². The summed E-state index contributed by atoms with van der Waals surface area (Å²) in [5.74, 6) is -0.253. The van der Waals surface area contributed by atoms with Gasteiger partial charge in [0.15, 0.2) is 0 Å². The summed E-state index contributed by atoms with van der Waals surface area (Å²) < 4.78 is 27.9. The Kier molecular flexibility index (Phi) is 6.71. The standard InChI is InChI=1S/C22H25ClN4O3S/c1-5-31(29,30)26-20-11-8-17(12-15(20)4)25-22(28)19-13-24-27(21(19)14(2)3)18-9-6-16(23)7-10-18/h6-14,26H,5H2,1-4H3,(H,25,28). The van der Waals surface area contributed by atoms with E-state index in [9.17, 15) is 13.2 Å². The first-order valence-electron chi connectivity index (χ1n) is 9.87. The van der Waals surface area contributed by atoms with Crippen molar-refractivity contribution >= 4 is 38.9 Å². The van der Waals surface area contributed by atoms with Crippen LogP contribution in [0.5, 0.6) is 0 Å². The Morgan fingerprint density at radius 1 is 1.16 bits per heavy atom. The third-order valence-electron chi connectivity index (χ3n) is 4.80. The maximum atomic E-state index is 13.0. The molecular formula is C22H25ClN4O3S. The van der Waals surface area contributed by atoms with Crippen LogP contribution < -0.4 is 10.0 Å². The fraction of sp³-hybridized carbons (Fsp3) is 0.273. The number of aromatic nitrogens is 2. The minimum Gasteiger partial charge on any atom is -0.322 e. The highest BCUT2D eigenvalue weighted by Gasteiger charge is 2.21. The average molecular weight is 461 g/mol. The molecule has 0 saturated heterocycles. The highest BCUT2D eigenvalue weighted by Crippen LogP contribution is 2.26. The van der Waals surface area contributed by atoms with Gasteiger partial charge in [-0.25, -0.2) is 13.1 Å². The van der Waals surface area contributed by atoms with E-state index in [1.165, 1.54) is 0 Å². The molecular weight excluding hydrogens is 436 g/mol. The van der Waals surface area contributed by atoms with Crippen LogP contribution in [0, 0.1) is 6.92 Å².